The van der Waals surface area contributed by atoms with Crippen LogP contribution in [-0.4, -0.2) is 30.4 Å². The third-order valence-electron chi connectivity index (χ3n) is 4.80. The van der Waals surface area contributed by atoms with Gasteiger partial charge in [-0.25, -0.2) is 0 Å². The first kappa shape index (κ1) is 14.6. The number of nitrogens with one attached hydrogen (secondary N) is 1. The summed E-state index contributed by atoms with van der Waals surface area (Å²) < 4.78 is 0. The van der Waals surface area contributed by atoms with Crippen molar-refractivity contribution in [1.29, 1.82) is 0 Å². The fourth-order valence-electron chi connectivity index (χ4n) is 3.57. The summed E-state index contributed by atoms with van der Waals surface area (Å²) in [4.78, 5) is 14.5. The van der Waals surface area contributed by atoms with Crippen LogP contribution in [0.25, 0.3) is 0 Å². The van der Waals surface area contributed by atoms with E-state index in [2.05, 4.69) is 28.4 Å². The van der Waals surface area contributed by atoms with Crippen molar-refractivity contribution in [3.8, 4) is 0 Å². The largest absolute Gasteiger partial charge is 0.343 e. The van der Waals surface area contributed by atoms with Gasteiger partial charge < -0.3 is 10.2 Å². The molecule has 1 N–H and O–H groups in total. The third kappa shape index (κ3) is 3.65. The predicted octanol–water partition coefficient (Wildman–Crippen LogP) is 2.67. The first-order valence-electron chi connectivity index (χ1n) is 8.43. The maximum absolute atomic E-state index is 12.4. The molecule has 0 spiro atoms. The molecule has 3 rings (SSSR count). The number of amides is 1. The highest BCUT2D eigenvalue weighted by Gasteiger charge is 2.17. The smallest absolute Gasteiger partial charge is 0.222 e. The minimum atomic E-state index is 0.350. The molecule has 2 aliphatic heterocycles. The van der Waals surface area contributed by atoms with E-state index in [1.54, 1.807) is 0 Å². The van der Waals surface area contributed by atoms with E-state index in [1.165, 1.54) is 42.4 Å². The lowest BCUT2D eigenvalue weighted by molar-refractivity contribution is -0.131. The fourth-order valence-corrected chi connectivity index (χ4v) is 3.57. The first-order valence-corrected chi connectivity index (χ1v) is 8.43. The average molecular weight is 286 g/mol. The maximum Gasteiger partial charge on any atom is 0.222 e. The number of carbonyl (C=O) groups excluding carboxylic acids is 1. The molecule has 0 radical (unpaired) electrons. The number of benzene rings is 1. The Morgan fingerprint density at radius 2 is 1.95 bits per heavy atom. The van der Waals surface area contributed by atoms with Gasteiger partial charge in [0.15, 0.2) is 0 Å². The zero-order valence-electron chi connectivity index (χ0n) is 12.9. The molecule has 3 heteroatoms. The van der Waals surface area contributed by atoms with Crippen LogP contribution in [0.5, 0.6) is 0 Å². The molecular formula is C18H26N2O. The Kier molecular flexibility index (Phi) is 4.91. The lowest BCUT2D eigenvalue weighted by Crippen LogP contribution is -2.32. The summed E-state index contributed by atoms with van der Waals surface area (Å²) in [5.74, 6) is 0.350. The van der Waals surface area contributed by atoms with Gasteiger partial charge in [-0.1, -0.05) is 31.0 Å². The standard InChI is InChI=1S/C18H26N2O/c21-18(20-12-3-1-2-4-13-20)9-8-15-6-5-7-16-14-19-11-10-17(15)16/h5-7,19H,1-4,8-14H2. The molecule has 1 aromatic carbocycles. The molecule has 1 aromatic rings. The Morgan fingerprint density at radius 1 is 1.14 bits per heavy atom. The Morgan fingerprint density at radius 3 is 2.76 bits per heavy atom. The lowest BCUT2D eigenvalue weighted by atomic mass is 9.93. The second-order valence-electron chi connectivity index (χ2n) is 6.28. The molecule has 3 nitrogen and oxygen atoms in total. The van der Waals surface area contributed by atoms with Crippen molar-refractivity contribution in [2.75, 3.05) is 19.6 Å². The van der Waals surface area contributed by atoms with Crippen molar-refractivity contribution >= 4 is 5.91 Å². The van der Waals surface area contributed by atoms with E-state index in [1.807, 2.05) is 0 Å². The summed E-state index contributed by atoms with van der Waals surface area (Å²) in [7, 11) is 0. The molecule has 114 valence electrons. The van der Waals surface area contributed by atoms with Gasteiger partial charge in [0.25, 0.3) is 0 Å². The molecule has 0 aliphatic carbocycles. The number of aryl methyl sites for hydroxylation is 1. The third-order valence-corrected chi connectivity index (χ3v) is 4.80. The highest BCUT2D eigenvalue weighted by atomic mass is 16.2. The molecule has 1 amide bonds. The first-order chi connectivity index (χ1) is 10.3. The number of nitrogens with zero attached hydrogens (tertiary/aromatic N) is 1. The zero-order chi connectivity index (χ0) is 14.5. The van der Waals surface area contributed by atoms with Gasteiger partial charge in [0.1, 0.15) is 0 Å². The molecular weight excluding hydrogens is 260 g/mol. The summed E-state index contributed by atoms with van der Waals surface area (Å²) in [6, 6.07) is 6.55. The van der Waals surface area contributed by atoms with E-state index < -0.39 is 0 Å². The van der Waals surface area contributed by atoms with Gasteiger partial charge in [-0.2, -0.15) is 0 Å². The van der Waals surface area contributed by atoms with Crippen LogP contribution < -0.4 is 5.32 Å². The highest BCUT2D eigenvalue weighted by Crippen LogP contribution is 2.20. The minimum Gasteiger partial charge on any atom is -0.343 e. The number of rotatable bonds is 3. The number of likely N-dealkylation sites (tertiary alicyclic amines) is 1. The van der Waals surface area contributed by atoms with Gasteiger partial charge in [0.05, 0.1) is 0 Å². The van der Waals surface area contributed by atoms with Crippen LogP contribution in [0.15, 0.2) is 18.2 Å². The molecule has 0 atom stereocenters. The SMILES string of the molecule is O=C(CCc1cccc2c1CCNC2)N1CCCCCC1. The monoisotopic (exact) mass is 286 g/mol. The Balaban J connectivity index is 1.61. The van der Waals surface area contributed by atoms with Gasteiger partial charge in [-0.3, -0.25) is 4.79 Å². The van der Waals surface area contributed by atoms with E-state index in [-0.39, 0.29) is 0 Å². The topological polar surface area (TPSA) is 32.3 Å². The van der Waals surface area contributed by atoms with E-state index in [9.17, 15) is 4.79 Å². The number of hydrogen-bond donors (Lipinski definition) is 1. The van der Waals surface area contributed by atoms with Crippen molar-refractivity contribution in [3.63, 3.8) is 0 Å². The van der Waals surface area contributed by atoms with Crippen LogP contribution in [0.1, 0.15) is 48.8 Å². The van der Waals surface area contributed by atoms with Gasteiger partial charge in [-0.05, 0) is 48.9 Å². The van der Waals surface area contributed by atoms with Gasteiger partial charge in [-0.15, -0.1) is 0 Å². The molecule has 1 saturated heterocycles. The number of carbonyl (C=O) groups is 1. The van der Waals surface area contributed by atoms with Gasteiger partial charge >= 0.3 is 0 Å². The molecule has 2 heterocycles. The summed E-state index contributed by atoms with van der Waals surface area (Å²) in [5.41, 5.74) is 4.29. The molecule has 0 saturated carbocycles. The maximum atomic E-state index is 12.4. The van der Waals surface area contributed by atoms with Crippen LogP contribution in [0.3, 0.4) is 0 Å². The summed E-state index contributed by atoms with van der Waals surface area (Å²) in [6.45, 7) is 3.97. The Bertz CT molecular complexity index is 490. The Labute approximate surface area is 127 Å². The predicted molar refractivity (Wildman–Crippen MR) is 85.2 cm³/mol. The lowest BCUT2D eigenvalue weighted by Gasteiger charge is -2.22. The second-order valence-corrected chi connectivity index (χ2v) is 6.28. The van der Waals surface area contributed by atoms with Crippen molar-refractivity contribution in [1.82, 2.24) is 10.2 Å². The summed E-state index contributed by atoms with van der Waals surface area (Å²) >= 11 is 0. The van der Waals surface area contributed by atoms with Crippen molar-refractivity contribution < 1.29 is 4.79 Å². The van der Waals surface area contributed by atoms with E-state index >= 15 is 0 Å². The van der Waals surface area contributed by atoms with Gasteiger partial charge in [0.2, 0.25) is 5.91 Å². The van der Waals surface area contributed by atoms with Crippen LogP contribution >= 0.6 is 0 Å². The zero-order valence-corrected chi connectivity index (χ0v) is 12.9. The summed E-state index contributed by atoms with van der Waals surface area (Å²) in [6.07, 6.45) is 7.59. The Hall–Kier alpha value is -1.35. The van der Waals surface area contributed by atoms with E-state index in [4.69, 9.17) is 0 Å². The second kappa shape index (κ2) is 7.08. The van der Waals surface area contributed by atoms with Crippen molar-refractivity contribution in [2.24, 2.45) is 0 Å². The highest BCUT2D eigenvalue weighted by molar-refractivity contribution is 5.76. The average Bonchev–Trinajstić information content (AvgIpc) is 2.82. The normalized spacial score (nSPS) is 19.0. The number of fused-ring (bicyclic) bond motifs is 1. The van der Waals surface area contributed by atoms with E-state index in [0.717, 1.165) is 39.0 Å². The molecule has 1 fully saturated rings. The molecule has 2 aliphatic rings. The number of hydrogen-bond acceptors (Lipinski definition) is 2. The summed E-state index contributed by atoms with van der Waals surface area (Å²) in [5, 5.41) is 3.42. The fraction of sp³-hybridized carbons (Fsp3) is 0.611. The van der Waals surface area contributed by atoms with Gasteiger partial charge in [0, 0.05) is 26.1 Å². The van der Waals surface area contributed by atoms with Crippen LogP contribution in [-0.2, 0) is 24.2 Å². The van der Waals surface area contributed by atoms with E-state index in [0.29, 0.717) is 12.3 Å². The van der Waals surface area contributed by atoms with Crippen molar-refractivity contribution in [2.45, 2.75) is 51.5 Å². The molecule has 21 heavy (non-hydrogen) atoms. The van der Waals surface area contributed by atoms with Crippen LogP contribution in [0, 0.1) is 0 Å². The quantitative estimate of drug-likeness (QED) is 0.926. The van der Waals surface area contributed by atoms with Crippen molar-refractivity contribution in [3.05, 3.63) is 34.9 Å². The van der Waals surface area contributed by atoms with Crippen LogP contribution in [0.4, 0.5) is 0 Å². The molecule has 0 unspecified atom stereocenters. The molecule has 0 bridgehead atoms. The minimum absolute atomic E-state index is 0.350. The molecule has 0 aromatic heterocycles. The van der Waals surface area contributed by atoms with Crippen LogP contribution in [0.2, 0.25) is 0 Å².